The molecule has 1 saturated heterocycles. The minimum Gasteiger partial charge on any atom is -0.394 e. The number of nitrogens with zero attached hydrogens (tertiary/aromatic N) is 1. The van der Waals surface area contributed by atoms with E-state index in [1.54, 1.807) is 0 Å². The topological polar surface area (TPSA) is 93.4 Å². The third-order valence-corrected chi connectivity index (χ3v) is 4.11. The Labute approximate surface area is 139 Å². The van der Waals surface area contributed by atoms with Gasteiger partial charge in [-0.3, -0.25) is 0 Å². The van der Waals surface area contributed by atoms with Crippen LogP contribution in [-0.2, 0) is 11.3 Å². The van der Waals surface area contributed by atoms with E-state index >= 15 is 0 Å². The van der Waals surface area contributed by atoms with Gasteiger partial charge in [-0.15, -0.1) is 12.6 Å². The maximum atomic E-state index is 10.2. The Hall–Kier alpha value is -0.740. The van der Waals surface area contributed by atoms with Crippen LogP contribution in [0.5, 0.6) is 0 Å². The van der Waals surface area contributed by atoms with E-state index in [-0.39, 0.29) is 4.32 Å². The SMILES string of the molecule is OC[C@H]1OC(N(Cc2ccccc2)C(=S)S)[C@H](O)[C@@H](O)[C@@H]1O. The summed E-state index contributed by atoms with van der Waals surface area (Å²) in [4.78, 5) is 1.50. The van der Waals surface area contributed by atoms with Gasteiger partial charge in [-0.05, 0) is 5.56 Å². The smallest absolute Gasteiger partial charge is 0.160 e. The summed E-state index contributed by atoms with van der Waals surface area (Å²) >= 11 is 9.23. The highest BCUT2D eigenvalue weighted by Crippen LogP contribution is 2.26. The number of aliphatic hydroxyl groups is 4. The Morgan fingerprint density at radius 1 is 1.14 bits per heavy atom. The Morgan fingerprint density at radius 3 is 2.32 bits per heavy atom. The van der Waals surface area contributed by atoms with E-state index in [9.17, 15) is 20.4 Å². The lowest BCUT2D eigenvalue weighted by Gasteiger charge is -2.44. The van der Waals surface area contributed by atoms with Crippen molar-refractivity contribution in [2.24, 2.45) is 0 Å². The van der Waals surface area contributed by atoms with Gasteiger partial charge in [0.05, 0.1) is 6.61 Å². The van der Waals surface area contributed by atoms with Crippen LogP contribution in [-0.4, -0.2) is 66.9 Å². The predicted octanol–water partition coefficient (Wildman–Crippen LogP) is -0.497. The Balaban J connectivity index is 2.21. The zero-order valence-corrected chi connectivity index (χ0v) is 13.4. The monoisotopic (exact) mass is 345 g/mol. The van der Waals surface area contributed by atoms with Gasteiger partial charge in [-0.25, -0.2) is 0 Å². The van der Waals surface area contributed by atoms with Gasteiger partial charge < -0.3 is 30.1 Å². The summed E-state index contributed by atoms with van der Waals surface area (Å²) in [6, 6.07) is 9.36. The number of ether oxygens (including phenoxy) is 1. The molecule has 2 rings (SSSR count). The van der Waals surface area contributed by atoms with Crippen molar-refractivity contribution in [3.63, 3.8) is 0 Å². The quantitative estimate of drug-likeness (QED) is 0.371. The fourth-order valence-electron chi connectivity index (χ4n) is 2.39. The van der Waals surface area contributed by atoms with Gasteiger partial charge in [-0.1, -0.05) is 42.5 Å². The second-order valence-corrected chi connectivity index (χ2v) is 6.23. The van der Waals surface area contributed by atoms with Crippen LogP contribution in [0.25, 0.3) is 0 Å². The molecular formula is C14H19NO5S2. The van der Waals surface area contributed by atoms with Gasteiger partial charge in [0.25, 0.3) is 0 Å². The van der Waals surface area contributed by atoms with Crippen molar-refractivity contribution < 1.29 is 25.2 Å². The summed E-state index contributed by atoms with van der Waals surface area (Å²) in [5.41, 5.74) is 0.913. The summed E-state index contributed by atoms with van der Waals surface area (Å²) in [5, 5.41) is 39.1. The van der Waals surface area contributed by atoms with Crippen LogP contribution >= 0.6 is 24.8 Å². The molecule has 1 unspecified atom stereocenters. The molecule has 0 amide bonds. The molecule has 1 aromatic carbocycles. The number of thiocarbonyl (C=S) groups is 1. The Morgan fingerprint density at radius 2 is 1.77 bits per heavy atom. The molecule has 0 bridgehead atoms. The predicted molar refractivity (Wildman–Crippen MR) is 87.3 cm³/mol. The van der Waals surface area contributed by atoms with Crippen LogP contribution in [0.4, 0.5) is 0 Å². The summed E-state index contributed by atoms with van der Waals surface area (Å²) in [6.07, 6.45) is -6.23. The average molecular weight is 345 g/mol. The highest BCUT2D eigenvalue weighted by Gasteiger charge is 2.46. The molecule has 0 spiro atoms. The molecule has 1 aliphatic heterocycles. The lowest BCUT2D eigenvalue weighted by molar-refractivity contribution is -0.255. The fourth-order valence-corrected chi connectivity index (χ4v) is 2.74. The zero-order chi connectivity index (χ0) is 16.3. The van der Waals surface area contributed by atoms with Crippen LogP contribution in [0.15, 0.2) is 30.3 Å². The van der Waals surface area contributed by atoms with Gasteiger partial charge in [0.1, 0.15) is 28.7 Å². The molecule has 1 fully saturated rings. The van der Waals surface area contributed by atoms with Gasteiger partial charge in [0.2, 0.25) is 0 Å². The molecule has 1 aliphatic rings. The number of thiol groups is 1. The second-order valence-electron chi connectivity index (χ2n) is 5.12. The summed E-state index contributed by atoms with van der Waals surface area (Å²) in [7, 11) is 0. The van der Waals surface area contributed by atoms with Crippen molar-refractivity contribution >= 4 is 29.2 Å². The number of rotatable bonds is 4. The van der Waals surface area contributed by atoms with E-state index < -0.39 is 37.3 Å². The van der Waals surface area contributed by atoms with Gasteiger partial charge >= 0.3 is 0 Å². The van der Waals surface area contributed by atoms with Crippen molar-refractivity contribution in [2.75, 3.05) is 6.61 Å². The number of aliphatic hydroxyl groups excluding tert-OH is 4. The van der Waals surface area contributed by atoms with E-state index in [0.717, 1.165) is 5.56 Å². The lowest BCUT2D eigenvalue weighted by atomic mass is 9.97. The molecule has 122 valence electrons. The van der Waals surface area contributed by atoms with Crippen LogP contribution < -0.4 is 0 Å². The fraction of sp³-hybridized carbons (Fsp3) is 0.500. The highest BCUT2D eigenvalue weighted by atomic mass is 32.1. The molecule has 0 aliphatic carbocycles. The first-order valence-electron chi connectivity index (χ1n) is 6.79. The molecule has 1 aromatic rings. The van der Waals surface area contributed by atoms with Crippen LogP contribution in [0.2, 0.25) is 0 Å². The molecule has 5 atom stereocenters. The molecule has 4 N–H and O–H groups in total. The molecule has 0 radical (unpaired) electrons. The normalized spacial score (nSPS) is 31.8. The van der Waals surface area contributed by atoms with Crippen molar-refractivity contribution in [3.8, 4) is 0 Å². The highest BCUT2D eigenvalue weighted by molar-refractivity contribution is 8.10. The molecule has 1 heterocycles. The first kappa shape index (κ1) is 17.6. The third-order valence-electron chi connectivity index (χ3n) is 3.62. The second kappa shape index (κ2) is 7.69. The van der Waals surface area contributed by atoms with Crippen molar-refractivity contribution in [1.82, 2.24) is 4.90 Å². The third kappa shape index (κ3) is 3.77. The average Bonchev–Trinajstić information content (AvgIpc) is 2.52. The summed E-state index contributed by atoms with van der Waals surface area (Å²) in [6.45, 7) is -0.175. The maximum Gasteiger partial charge on any atom is 0.160 e. The Kier molecular flexibility index (Phi) is 6.16. The van der Waals surface area contributed by atoms with E-state index in [4.69, 9.17) is 17.0 Å². The lowest BCUT2D eigenvalue weighted by Crippen LogP contribution is -2.63. The van der Waals surface area contributed by atoms with Crippen LogP contribution in [0.1, 0.15) is 5.56 Å². The molecule has 8 heteroatoms. The molecular weight excluding hydrogens is 326 g/mol. The van der Waals surface area contributed by atoms with E-state index in [0.29, 0.717) is 6.54 Å². The van der Waals surface area contributed by atoms with E-state index in [2.05, 4.69) is 12.6 Å². The van der Waals surface area contributed by atoms with Gasteiger partial charge in [0, 0.05) is 6.54 Å². The standard InChI is InChI=1S/C14H19NO5S2/c16-7-9-10(17)11(18)12(19)13(20-9)15(14(21)22)6-8-4-2-1-3-5-8/h1-5,9-13,16-19H,6-7H2,(H,21,22)/t9-,10-,11+,12-,13?/m1/s1. The van der Waals surface area contributed by atoms with E-state index in [1.165, 1.54) is 4.90 Å². The molecule has 22 heavy (non-hydrogen) atoms. The van der Waals surface area contributed by atoms with E-state index in [1.807, 2.05) is 30.3 Å². The zero-order valence-electron chi connectivity index (χ0n) is 11.7. The largest absolute Gasteiger partial charge is 0.394 e. The number of hydrogen-bond acceptors (Lipinski definition) is 6. The molecule has 0 aromatic heterocycles. The Bertz CT molecular complexity index is 501. The summed E-state index contributed by atoms with van der Waals surface area (Å²) < 4.78 is 5.68. The number of benzene rings is 1. The van der Waals surface area contributed by atoms with Crippen LogP contribution in [0, 0.1) is 0 Å². The molecule has 0 saturated carbocycles. The first-order valence-corrected chi connectivity index (χ1v) is 7.65. The van der Waals surface area contributed by atoms with Crippen molar-refractivity contribution in [2.45, 2.75) is 37.2 Å². The maximum absolute atomic E-state index is 10.2. The van der Waals surface area contributed by atoms with Crippen molar-refractivity contribution in [1.29, 1.82) is 0 Å². The van der Waals surface area contributed by atoms with Gasteiger partial charge in [-0.2, -0.15) is 0 Å². The minimum absolute atomic E-state index is 0.174. The molecule has 6 nitrogen and oxygen atoms in total. The van der Waals surface area contributed by atoms with Gasteiger partial charge in [0.15, 0.2) is 6.23 Å². The van der Waals surface area contributed by atoms with Crippen LogP contribution in [0.3, 0.4) is 0 Å². The first-order chi connectivity index (χ1) is 10.5. The summed E-state index contributed by atoms with van der Waals surface area (Å²) in [5.74, 6) is 0. The number of hydrogen-bond donors (Lipinski definition) is 5. The van der Waals surface area contributed by atoms with Crippen molar-refractivity contribution in [3.05, 3.63) is 35.9 Å². The minimum atomic E-state index is -1.45.